The van der Waals surface area contributed by atoms with Crippen LogP contribution >= 0.6 is 27.5 Å². The van der Waals surface area contributed by atoms with Gasteiger partial charge in [0.05, 0.1) is 17.9 Å². The summed E-state index contributed by atoms with van der Waals surface area (Å²) in [5.41, 5.74) is 1.88. The van der Waals surface area contributed by atoms with E-state index in [1.54, 1.807) is 12.4 Å². The van der Waals surface area contributed by atoms with Crippen LogP contribution in [-0.2, 0) is 13.6 Å². The highest BCUT2D eigenvalue weighted by Gasteiger charge is 2.03. The van der Waals surface area contributed by atoms with Gasteiger partial charge in [-0.1, -0.05) is 11.6 Å². The van der Waals surface area contributed by atoms with E-state index in [0.29, 0.717) is 11.7 Å². The fourth-order valence-corrected chi connectivity index (χ4v) is 1.81. The summed E-state index contributed by atoms with van der Waals surface area (Å²) < 4.78 is 2.70. The second-order valence-electron chi connectivity index (χ2n) is 3.29. The first-order chi connectivity index (χ1) is 7.66. The van der Waals surface area contributed by atoms with Crippen LogP contribution in [0.1, 0.15) is 5.69 Å². The predicted molar refractivity (Wildman–Crippen MR) is 67.5 cm³/mol. The zero-order chi connectivity index (χ0) is 11.5. The van der Waals surface area contributed by atoms with Crippen molar-refractivity contribution in [1.82, 2.24) is 14.8 Å². The molecule has 1 N–H and O–H groups in total. The molecule has 2 rings (SSSR count). The quantitative estimate of drug-likeness (QED) is 0.887. The molecular weight excluding hydrogens is 291 g/mol. The second kappa shape index (κ2) is 4.84. The standard InChI is InChI=1S/C10H10BrClN4/c1-16-8(2-3-15-16)6-13-9-4-7(11)5-14-10(9)12/h2-5,13H,6H2,1H3. The maximum Gasteiger partial charge on any atom is 0.152 e. The number of anilines is 1. The van der Waals surface area contributed by atoms with Gasteiger partial charge in [-0.2, -0.15) is 5.10 Å². The molecule has 16 heavy (non-hydrogen) atoms. The number of halogens is 2. The lowest BCUT2D eigenvalue weighted by molar-refractivity contribution is 0.720. The van der Waals surface area contributed by atoms with Crippen LogP contribution in [0, 0.1) is 0 Å². The molecular formula is C10H10BrClN4. The molecule has 0 saturated carbocycles. The van der Waals surface area contributed by atoms with E-state index in [9.17, 15) is 0 Å². The number of aryl methyl sites for hydroxylation is 1. The first-order valence-electron chi connectivity index (χ1n) is 4.68. The molecule has 0 saturated heterocycles. The van der Waals surface area contributed by atoms with Crippen LogP contribution in [0.25, 0.3) is 0 Å². The van der Waals surface area contributed by atoms with Gasteiger partial charge in [-0.25, -0.2) is 4.98 Å². The van der Waals surface area contributed by atoms with E-state index in [2.05, 4.69) is 31.3 Å². The van der Waals surface area contributed by atoms with Gasteiger partial charge in [0.15, 0.2) is 5.15 Å². The van der Waals surface area contributed by atoms with Crippen molar-refractivity contribution >= 4 is 33.2 Å². The number of hydrogen-bond donors (Lipinski definition) is 1. The monoisotopic (exact) mass is 300 g/mol. The van der Waals surface area contributed by atoms with Crippen molar-refractivity contribution in [2.24, 2.45) is 7.05 Å². The molecule has 0 amide bonds. The third kappa shape index (κ3) is 2.54. The fraction of sp³-hybridized carbons (Fsp3) is 0.200. The molecule has 4 nitrogen and oxygen atoms in total. The largest absolute Gasteiger partial charge is 0.377 e. The molecule has 0 radical (unpaired) electrons. The van der Waals surface area contributed by atoms with Crippen LogP contribution in [0.15, 0.2) is 29.0 Å². The zero-order valence-electron chi connectivity index (χ0n) is 8.61. The van der Waals surface area contributed by atoms with Gasteiger partial charge in [0, 0.05) is 23.9 Å². The smallest absolute Gasteiger partial charge is 0.152 e. The van der Waals surface area contributed by atoms with Crippen molar-refractivity contribution < 1.29 is 0 Å². The summed E-state index contributed by atoms with van der Waals surface area (Å²) in [5.74, 6) is 0. The number of rotatable bonds is 3. The summed E-state index contributed by atoms with van der Waals surface area (Å²) in [4.78, 5) is 4.03. The van der Waals surface area contributed by atoms with Crippen molar-refractivity contribution in [3.05, 3.63) is 39.8 Å². The van der Waals surface area contributed by atoms with Crippen LogP contribution in [0.5, 0.6) is 0 Å². The van der Waals surface area contributed by atoms with Gasteiger partial charge in [0.25, 0.3) is 0 Å². The Morgan fingerprint density at radius 3 is 3.06 bits per heavy atom. The van der Waals surface area contributed by atoms with Crippen LogP contribution in [-0.4, -0.2) is 14.8 Å². The van der Waals surface area contributed by atoms with Gasteiger partial charge in [-0.15, -0.1) is 0 Å². The Kier molecular flexibility index (Phi) is 3.46. The second-order valence-corrected chi connectivity index (χ2v) is 4.57. The first-order valence-corrected chi connectivity index (χ1v) is 5.85. The summed E-state index contributed by atoms with van der Waals surface area (Å²) in [6.45, 7) is 0.661. The summed E-state index contributed by atoms with van der Waals surface area (Å²) in [5, 5.41) is 7.76. The fourth-order valence-electron chi connectivity index (χ4n) is 1.31. The number of aromatic nitrogens is 3. The van der Waals surface area contributed by atoms with Gasteiger partial charge in [0.2, 0.25) is 0 Å². The minimum Gasteiger partial charge on any atom is -0.377 e. The topological polar surface area (TPSA) is 42.7 Å². The lowest BCUT2D eigenvalue weighted by Crippen LogP contribution is -2.06. The molecule has 0 bridgehead atoms. The molecule has 0 aromatic carbocycles. The maximum atomic E-state index is 5.96. The summed E-state index contributed by atoms with van der Waals surface area (Å²) >= 11 is 9.31. The summed E-state index contributed by atoms with van der Waals surface area (Å²) in [6.07, 6.45) is 3.43. The van der Waals surface area contributed by atoms with E-state index in [-0.39, 0.29) is 0 Å². The highest BCUT2D eigenvalue weighted by Crippen LogP contribution is 2.23. The van der Waals surface area contributed by atoms with Gasteiger partial charge in [-0.05, 0) is 28.1 Å². The van der Waals surface area contributed by atoms with E-state index in [4.69, 9.17) is 11.6 Å². The van der Waals surface area contributed by atoms with E-state index >= 15 is 0 Å². The highest BCUT2D eigenvalue weighted by molar-refractivity contribution is 9.10. The Bertz CT molecular complexity index is 497. The SMILES string of the molecule is Cn1nccc1CNc1cc(Br)cnc1Cl. The van der Waals surface area contributed by atoms with Crippen molar-refractivity contribution in [2.75, 3.05) is 5.32 Å². The molecule has 0 aliphatic carbocycles. The van der Waals surface area contributed by atoms with Gasteiger partial charge < -0.3 is 5.32 Å². The first kappa shape index (κ1) is 11.4. The van der Waals surface area contributed by atoms with Gasteiger partial charge >= 0.3 is 0 Å². The molecule has 0 spiro atoms. The average Bonchev–Trinajstić information content (AvgIpc) is 2.66. The molecule has 6 heteroatoms. The third-order valence-corrected chi connectivity index (χ3v) is 2.92. The van der Waals surface area contributed by atoms with Crippen LogP contribution in [0.4, 0.5) is 5.69 Å². The lowest BCUT2D eigenvalue weighted by Gasteiger charge is -2.08. The zero-order valence-corrected chi connectivity index (χ0v) is 11.0. The Morgan fingerprint density at radius 2 is 2.38 bits per heavy atom. The minimum absolute atomic E-state index is 0.463. The Labute approximate surface area is 107 Å². The van der Waals surface area contributed by atoms with E-state index in [1.165, 1.54) is 0 Å². The molecule has 0 fully saturated rings. The molecule has 0 unspecified atom stereocenters. The number of hydrogen-bond acceptors (Lipinski definition) is 3. The molecule has 0 aliphatic rings. The molecule has 2 aromatic heterocycles. The third-order valence-electron chi connectivity index (χ3n) is 2.19. The highest BCUT2D eigenvalue weighted by atomic mass is 79.9. The van der Waals surface area contributed by atoms with Gasteiger partial charge in [0.1, 0.15) is 0 Å². The van der Waals surface area contributed by atoms with Crippen molar-refractivity contribution in [3.8, 4) is 0 Å². The molecule has 2 heterocycles. The number of nitrogens with zero attached hydrogens (tertiary/aromatic N) is 3. The summed E-state index contributed by atoms with van der Waals surface area (Å²) in [7, 11) is 1.90. The lowest BCUT2D eigenvalue weighted by atomic mass is 10.3. The molecule has 0 atom stereocenters. The van der Waals surface area contributed by atoms with Gasteiger partial charge in [-0.3, -0.25) is 4.68 Å². The normalized spacial score (nSPS) is 10.4. The molecule has 84 valence electrons. The Balaban J connectivity index is 2.10. The van der Waals surface area contributed by atoms with Crippen molar-refractivity contribution in [3.63, 3.8) is 0 Å². The summed E-state index contributed by atoms with van der Waals surface area (Å²) in [6, 6.07) is 3.85. The van der Waals surface area contributed by atoms with E-state index in [0.717, 1.165) is 15.9 Å². The maximum absolute atomic E-state index is 5.96. The van der Waals surface area contributed by atoms with E-state index in [1.807, 2.05) is 23.9 Å². The van der Waals surface area contributed by atoms with Crippen LogP contribution in [0.2, 0.25) is 5.15 Å². The predicted octanol–water partition coefficient (Wildman–Crippen LogP) is 2.84. The van der Waals surface area contributed by atoms with Crippen LogP contribution < -0.4 is 5.32 Å². The number of nitrogens with one attached hydrogen (secondary N) is 1. The number of pyridine rings is 1. The average molecular weight is 302 g/mol. The van der Waals surface area contributed by atoms with E-state index < -0.39 is 0 Å². The molecule has 2 aromatic rings. The van der Waals surface area contributed by atoms with Crippen molar-refractivity contribution in [1.29, 1.82) is 0 Å². The molecule has 0 aliphatic heterocycles. The minimum atomic E-state index is 0.463. The Morgan fingerprint density at radius 1 is 1.56 bits per heavy atom. The van der Waals surface area contributed by atoms with Crippen molar-refractivity contribution in [2.45, 2.75) is 6.54 Å². The Hall–Kier alpha value is -1.07. The van der Waals surface area contributed by atoms with Crippen LogP contribution in [0.3, 0.4) is 0 Å².